The van der Waals surface area contributed by atoms with Crippen LogP contribution in [-0.4, -0.2) is 81.2 Å². The van der Waals surface area contributed by atoms with Crippen LogP contribution in [0.2, 0.25) is 0 Å². The molecule has 1 saturated heterocycles. The normalized spacial score (nSPS) is 14.7. The average molecular weight is 674 g/mol. The molecule has 4 rings (SSSR count). The average Bonchev–Trinajstić information content (AvgIpc) is 3.49. The molecule has 1 aromatic heterocycles. The number of likely N-dealkylation sites (tertiary alicyclic amines) is 1. The minimum absolute atomic E-state index is 0.0229. The summed E-state index contributed by atoms with van der Waals surface area (Å²) in [7, 11) is -2.86. The van der Waals surface area contributed by atoms with Crippen LogP contribution in [0, 0.1) is 12.8 Å². The van der Waals surface area contributed by atoms with E-state index >= 15 is 0 Å². The molecule has 0 radical (unpaired) electrons. The largest absolute Gasteiger partial charge is 0.382 e. The fourth-order valence-electron chi connectivity index (χ4n) is 5.65. The first kappa shape index (κ1) is 35.6. The predicted molar refractivity (Wildman–Crippen MR) is 178 cm³/mol. The van der Waals surface area contributed by atoms with E-state index in [1.165, 1.54) is 13.2 Å². The van der Waals surface area contributed by atoms with Crippen LogP contribution >= 0.6 is 11.8 Å². The summed E-state index contributed by atoms with van der Waals surface area (Å²) in [6.45, 7) is 5.29. The van der Waals surface area contributed by atoms with Crippen LogP contribution in [0.15, 0.2) is 59.8 Å². The predicted octanol–water partition coefficient (Wildman–Crippen LogP) is 4.85. The summed E-state index contributed by atoms with van der Waals surface area (Å²) in [5.41, 5.74) is 2.88. The molecule has 250 valence electrons. The molecule has 46 heavy (non-hydrogen) atoms. The van der Waals surface area contributed by atoms with Crippen LogP contribution in [-0.2, 0) is 35.5 Å². The lowest BCUT2D eigenvalue weighted by atomic mass is 9.94. The Kier molecular flexibility index (Phi) is 13.2. The first-order valence-corrected chi connectivity index (χ1v) is 17.5. The number of aryl methyl sites for hydroxylation is 2. The first-order chi connectivity index (χ1) is 22.2. The van der Waals surface area contributed by atoms with Gasteiger partial charge in [0.2, 0.25) is 15.9 Å². The highest BCUT2D eigenvalue weighted by molar-refractivity contribution is 7.89. The minimum Gasteiger partial charge on any atom is -0.382 e. The summed E-state index contributed by atoms with van der Waals surface area (Å²) in [4.78, 5) is 36.0. The number of nitrogens with zero attached hydrogens (tertiary/aromatic N) is 3. The van der Waals surface area contributed by atoms with Crippen molar-refractivity contribution in [1.82, 2.24) is 19.6 Å². The molecule has 1 fully saturated rings. The number of hydrogen-bond donors (Lipinski definition) is 2. The maximum absolute atomic E-state index is 14.3. The standard InChI is InChI=1S/C33H44ClN5O6S/c1-4-25-16-18-38(19-17-25)33(41)29(14-9-13-28-24(2)35-23-36-28)37-46(42,43)30-15-8-12-27(26-10-6-5-7-11-26)32(30)39(34)31(40)22-45-21-20-44-3/h5-8,10-12,15,23,25,29,37H,4,9,13-14,16-22H2,1-3H3,(H,35,36)/t29-/m0/s1. The molecule has 2 heterocycles. The number of sulfonamides is 1. The van der Waals surface area contributed by atoms with Crippen molar-refractivity contribution in [2.45, 2.75) is 63.3 Å². The van der Waals surface area contributed by atoms with Crippen LogP contribution in [0.1, 0.15) is 50.4 Å². The number of benzene rings is 2. The molecular formula is C33H44ClN5O6S. The number of nitrogens with one attached hydrogen (secondary N) is 2. The number of para-hydroxylation sites is 1. The number of aromatic nitrogens is 2. The van der Waals surface area contributed by atoms with E-state index in [4.69, 9.17) is 21.3 Å². The van der Waals surface area contributed by atoms with E-state index in [9.17, 15) is 18.0 Å². The van der Waals surface area contributed by atoms with Gasteiger partial charge in [-0.15, -0.1) is 0 Å². The van der Waals surface area contributed by atoms with Gasteiger partial charge in [0, 0.05) is 43.2 Å². The van der Waals surface area contributed by atoms with Gasteiger partial charge in [0.15, 0.2) is 0 Å². The van der Waals surface area contributed by atoms with E-state index in [-0.39, 0.29) is 42.7 Å². The van der Waals surface area contributed by atoms with Gasteiger partial charge in [-0.05, 0) is 56.6 Å². The van der Waals surface area contributed by atoms with Crippen LogP contribution in [0.25, 0.3) is 11.1 Å². The molecule has 3 aromatic rings. The van der Waals surface area contributed by atoms with Gasteiger partial charge < -0.3 is 19.4 Å². The summed E-state index contributed by atoms with van der Waals surface area (Å²) in [5.74, 6) is -0.364. The van der Waals surface area contributed by atoms with Gasteiger partial charge in [-0.1, -0.05) is 55.8 Å². The highest BCUT2D eigenvalue weighted by atomic mass is 35.5. The van der Waals surface area contributed by atoms with Crippen LogP contribution in [0.5, 0.6) is 0 Å². The van der Waals surface area contributed by atoms with E-state index < -0.39 is 22.0 Å². The van der Waals surface area contributed by atoms with Crippen LogP contribution in [0.3, 0.4) is 0 Å². The minimum atomic E-state index is -4.38. The second kappa shape index (κ2) is 17.0. The number of imidazole rings is 1. The quantitative estimate of drug-likeness (QED) is 0.164. The molecule has 2 amide bonds. The number of H-pyrrole nitrogens is 1. The van der Waals surface area contributed by atoms with Crippen molar-refractivity contribution in [2.24, 2.45) is 5.92 Å². The maximum Gasteiger partial charge on any atom is 0.267 e. The molecule has 11 nitrogen and oxygen atoms in total. The van der Waals surface area contributed by atoms with Gasteiger partial charge in [-0.2, -0.15) is 4.72 Å². The number of carbonyl (C=O) groups excluding carboxylic acids is 2. The van der Waals surface area contributed by atoms with E-state index in [1.54, 1.807) is 35.5 Å². The summed E-state index contributed by atoms with van der Waals surface area (Å²) in [6.07, 6.45) is 5.82. The fraction of sp³-hybridized carbons (Fsp3) is 0.485. The topological polar surface area (TPSA) is 134 Å². The van der Waals surface area contributed by atoms with Crippen molar-refractivity contribution in [3.05, 3.63) is 66.2 Å². The monoisotopic (exact) mass is 673 g/mol. The lowest BCUT2D eigenvalue weighted by Crippen LogP contribution is -2.50. The van der Waals surface area contributed by atoms with Gasteiger partial charge in [0.1, 0.15) is 17.5 Å². The summed E-state index contributed by atoms with van der Waals surface area (Å²) in [5, 5.41) is 0. The molecule has 0 spiro atoms. The number of rotatable bonds is 16. The van der Waals surface area contributed by atoms with Crippen molar-refractivity contribution in [1.29, 1.82) is 0 Å². The number of hydrogen-bond acceptors (Lipinski definition) is 7. The summed E-state index contributed by atoms with van der Waals surface area (Å²) in [6, 6.07) is 12.7. The Morgan fingerprint density at radius 3 is 2.52 bits per heavy atom. The Balaban J connectivity index is 1.66. The van der Waals surface area contributed by atoms with Crippen molar-refractivity contribution in [3.8, 4) is 11.1 Å². The van der Waals surface area contributed by atoms with Crippen molar-refractivity contribution in [2.75, 3.05) is 44.4 Å². The Hall–Kier alpha value is -3.29. The van der Waals surface area contributed by atoms with Gasteiger partial charge >= 0.3 is 0 Å². The SMILES string of the molecule is CCC1CCN(C(=O)[C@H](CCCc2nc[nH]c2C)NS(=O)(=O)c2cccc(-c3ccccc3)c2N(Cl)C(=O)COCCOC)CC1. The molecule has 0 saturated carbocycles. The number of piperidine rings is 1. The Morgan fingerprint density at radius 2 is 1.87 bits per heavy atom. The number of aromatic amines is 1. The Morgan fingerprint density at radius 1 is 1.13 bits per heavy atom. The highest BCUT2D eigenvalue weighted by Crippen LogP contribution is 2.38. The smallest absolute Gasteiger partial charge is 0.267 e. The van der Waals surface area contributed by atoms with Crippen molar-refractivity contribution < 1.29 is 27.5 Å². The summed E-state index contributed by atoms with van der Waals surface area (Å²) >= 11 is 6.63. The molecule has 13 heteroatoms. The van der Waals surface area contributed by atoms with Crippen LogP contribution < -0.4 is 9.14 Å². The molecule has 2 aromatic carbocycles. The molecular weight excluding hydrogens is 630 g/mol. The van der Waals surface area contributed by atoms with Gasteiger partial charge in [0.05, 0.1) is 30.9 Å². The zero-order valence-electron chi connectivity index (χ0n) is 26.7. The van der Waals surface area contributed by atoms with E-state index in [1.807, 2.05) is 25.1 Å². The Bertz CT molecular complexity index is 1540. The van der Waals surface area contributed by atoms with E-state index in [0.717, 1.165) is 35.1 Å². The second-order valence-corrected chi connectivity index (χ2v) is 13.5. The molecule has 1 aliphatic heterocycles. The number of carbonyl (C=O) groups is 2. The van der Waals surface area contributed by atoms with Crippen molar-refractivity contribution >= 4 is 39.3 Å². The molecule has 0 bridgehead atoms. The van der Waals surface area contributed by atoms with E-state index in [0.29, 0.717) is 43.0 Å². The first-order valence-electron chi connectivity index (χ1n) is 15.7. The number of methoxy groups -OCH3 is 1. The van der Waals surface area contributed by atoms with Gasteiger partial charge in [-0.3, -0.25) is 9.59 Å². The second-order valence-electron chi connectivity index (χ2n) is 11.5. The highest BCUT2D eigenvalue weighted by Gasteiger charge is 2.34. The fourth-order valence-corrected chi connectivity index (χ4v) is 7.37. The number of amides is 2. The lowest BCUT2D eigenvalue weighted by Gasteiger charge is -2.34. The maximum atomic E-state index is 14.3. The van der Waals surface area contributed by atoms with Gasteiger partial charge in [-0.25, -0.2) is 17.8 Å². The van der Waals surface area contributed by atoms with Crippen molar-refractivity contribution in [3.63, 3.8) is 0 Å². The number of halogens is 1. The number of anilines is 1. The summed E-state index contributed by atoms with van der Waals surface area (Å²) < 4.78 is 42.4. The van der Waals surface area contributed by atoms with Gasteiger partial charge in [0.25, 0.3) is 5.91 Å². The molecule has 2 N–H and O–H groups in total. The zero-order chi connectivity index (χ0) is 33.1. The zero-order valence-corrected chi connectivity index (χ0v) is 28.3. The molecule has 0 unspecified atom stereocenters. The lowest BCUT2D eigenvalue weighted by molar-refractivity contribution is -0.134. The Labute approximate surface area is 276 Å². The number of ether oxygens (including phenoxy) is 2. The molecule has 0 aliphatic carbocycles. The third-order valence-electron chi connectivity index (χ3n) is 8.39. The molecule has 1 aliphatic rings. The third-order valence-corrected chi connectivity index (χ3v) is 10.2. The third kappa shape index (κ3) is 9.16. The van der Waals surface area contributed by atoms with E-state index in [2.05, 4.69) is 21.6 Å². The van der Waals surface area contributed by atoms with Crippen LogP contribution in [0.4, 0.5) is 5.69 Å². The molecule has 1 atom stereocenters.